The van der Waals surface area contributed by atoms with Crippen molar-refractivity contribution in [1.29, 1.82) is 0 Å². The van der Waals surface area contributed by atoms with Crippen LogP contribution in [-0.4, -0.2) is 42.6 Å². The van der Waals surface area contributed by atoms with Crippen molar-refractivity contribution in [3.05, 3.63) is 95.2 Å². The van der Waals surface area contributed by atoms with Crippen LogP contribution in [0.2, 0.25) is 0 Å². The normalized spacial score (nSPS) is 11.9. The Bertz CT molecular complexity index is 1290. The van der Waals surface area contributed by atoms with Crippen molar-refractivity contribution >= 4 is 16.9 Å². The van der Waals surface area contributed by atoms with Gasteiger partial charge in [-0.3, -0.25) is 0 Å². The molecule has 4 aromatic rings. The highest BCUT2D eigenvalue weighted by molar-refractivity contribution is 5.89. The van der Waals surface area contributed by atoms with Crippen molar-refractivity contribution in [2.45, 2.75) is 38.8 Å². The Labute approximate surface area is 212 Å². The molecule has 36 heavy (non-hydrogen) atoms. The quantitative estimate of drug-likeness (QED) is 0.286. The highest BCUT2D eigenvalue weighted by Gasteiger charge is 2.18. The van der Waals surface area contributed by atoms with Gasteiger partial charge in [0.25, 0.3) is 0 Å². The highest BCUT2D eigenvalue weighted by Crippen LogP contribution is 2.33. The second-order valence-electron chi connectivity index (χ2n) is 8.85. The summed E-state index contributed by atoms with van der Waals surface area (Å²) in [5.74, 6) is 1.15. The van der Waals surface area contributed by atoms with Crippen molar-refractivity contribution in [2.24, 2.45) is 0 Å². The number of esters is 1. The number of para-hydroxylation sites is 1. The maximum atomic E-state index is 12.2. The molecule has 4 rings (SSSR count). The number of aryl methyl sites for hydroxylation is 1. The Morgan fingerprint density at radius 3 is 2.31 bits per heavy atom. The van der Waals surface area contributed by atoms with E-state index in [1.165, 1.54) is 5.56 Å². The van der Waals surface area contributed by atoms with Gasteiger partial charge in [0.2, 0.25) is 0 Å². The van der Waals surface area contributed by atoms with Crippen LogP contribution in [0.5, 0.6) is 11.5 Å². The number of aliphatic hydroxyl groups excluding tert-OH is 1. The Morgan fingerprint density at radius 1 is 0.972 bits per heavy atom. The smallest absolute Gasteiger partial charge is 0.338 e. The number of nitrogens with zero attached hydrogens (tertiary/aromatic N) is 1. The Morgan fingerprint density at radius 2 is 1.64 bits per heavy atom. The van der Waals surface area contributed by atoms with Crippen LogP contribution in [0, 0.1) is 0 Å². The fraction of sp³-hybridized carbons (Fsp3) is 0.300. The van der Waals surface area contributed by atoms with Crippen molar-refractivity contribution in [1.82, 2.24) is 4.57 Å². The van der Waals surface area contributed by atoms with E-state index < -0.39 is 12.1 Å². The summed E-state index contributed by atoms with van der Waals surface area (Å²) >= 11 is 0. The first-order valence-corrected chi connectivity index (χ1v) is 12.2. The molecule has 0 fully saturated rings. The zero-order chi connectivity index (χ0) is 25.5. The number of carbonyl (C=O) groups excluding carboxylic acids is 1. The Balaban J connectivity index is 1.56. The predicted octanol–water partition coefficient (Wildman–Crippen LogP) is 5.42. The number of hydrogen-bond acceptors (Lipinski definition) is 5. The van der Waals surface area contributed by atoms with Crippen molar-refractivity contribution in [3.63, 3.8) is 0 Å². The SMILES string of the molecule is CCCc1cc(OC)c(Cn2cc(C[C@H](O)COC(=O)c3ccccc3)c3ccccc32)c(OC)c1. The third-order valence-corrected chi connectivity index (χ3v) is 6.28. The molecular weight excluding hydrogens is 454 g/mol. The molecule has 0 saturated heterocycles. The van der Waals surface area contributed by atoms with Crippen molar-refractivity contribution in [3.8, 4) is 11.5 Å². The van der Waals surface area contributed by atoms with E-state index in [-0.39, 0.29) is 6.61 Å². The van der Waals surface area contributed by atoms with Gasteiger partial charge < -0.3 is 23.9 Å². The van der Waals surface area contributed by atoms with Gasteiger partial charge in [-0.15, -0.1) is 0 Å². The van der Waals surface area contributed by atoms with Crippen LogP contribution in [0.25, 0.3) is 10.9 Å². The van der Waals surface area contributed by atoms with Crippen LogP contribution in [0.3, 0.4) is 0 Å². The van der Waals surface area contributed by atoms with Gasteiger partial charge in [0.1, 0.15) is 18.1 Å². The summed E-state index contributed by atoms with van der Waals surface area (Å²) in [6.07, 6.45) is 3.58. The first-order valence-electron chi connectivity index (χ1n) is 12.2. The van der Waals surface area contributed by atoms with E-state index in [0.717, 1.165) is 46.4 Å². The Kier molecular flexibility index (Phi) is 8.28. The summed E-state index contributed by atoms with van der Waals surface area (Å²) in [6, 6.07) is 21.0. The molecule has 0 radical (unpaired) electrons. The number of rotatable bonds is 11. The second kappa shape index (κ2) is 11.8. The minimum atomic E-state index is -0.825. The molecule has 0 aliphatic rings. The molecule has 0 spiro atoms. The number of fused-ring (bicyclic) bond motifs is 1. The summed E-state index contributed by atoms with van der Waals surface area (Å²) in [5, 5.41) is 11.7. The largest absolute Gasteiger partial charge is 0.496 e. The van der Waals surface area contributed by atoms with Gasteiger partial charge in [0.05, 0.1) is 38.0 Å². The van der Waals surface area contributed by atoms with E-state index in [2.05, 4.69) is 29.7 Å². The molecule has 0 bridgehead atoms. The molecule has 1 atom stereocenters. The van der Waals surface area contributed by atoms with E-state index in [4.69, 9.17) is 14.2 Å². The Hall–Kier alpha value is -3.77. The maximum Gasteiger partial charge on any atom is 0.338 e. The fourth-order valence-corrected chi connectivity index (χ4v) is 4.56. The summed E-state index contributed by atoms with van der Waals surface area (Å²) in [5.41, 5.74) is 4.64. The molecule has 1 N–H and O–H groups in total. The van der Waals surface area contributed by atoms with Gasteiger partial charge in [-0.05, 0) is 47.9 Å². The molecule has 6 nitrogen and oxygen atoms in total. The van der Waals surface area contributed by atoms with Crippen LogP contribution < -0.4 is 9.47 Å². The van der Waals surface area contributed by atoms with Gasteiger partial charge >= 0.3 is 5.97 Å². The second-order valence-corrected chi connectivity index (χ2v) is 8.85. The number of aromatic nitrogens is 1. The average Bonchev–Trinajstić information content (AvgIpc) is 3.25. The zero-order valence-corrected chi connectivity index (χ0v) is 21.1. The number of aliphatic hydroxyl groups is 1. The molecule has 0 saturated carbocycles. The lowest BCUT2D eigenvalue weighted by Gasteiger charge is -2.16. The van der Waals surface area contributed by atoms with Gasteiger partial charge in [-0.25, -0.2) is 4.79 Å². The molecule has 0 aliphatic carbocycles. The number of benzene rings is 3. The van der Waals surface area contributed by atoms with E-state index in [1.54, 1.807) is 38.5 Å². The summed E-state index contributed by atoms with van der Waals surface area (Å²) in [6.45, 7) is 2.63. The van der Waals surface area contributed by atoms with Crippen molar-refractivity contribution in [2.75, 3.05) is 20.8 Å². The van der Waals surface area contributed by atoms with Crippen LogP contribution >= 0.6 is 0 Å². The standard InChI is InChI=1S/C30H33NO5/c1-4-10-21-15-28(34-2)26(29(16-21)35-3)19-31-18-23(25-13-8-9-14-27(25)31)17-24(32)20-36-30(33)22-11-6-5-7-12-22/h5-9,11-16,18,24,32H,4,10,17,19-20H2,1-3H3/t24-/m0/s1. The third kappa shape index (κ3) is 5.71. The first-order chi connectivity index (χ1) is 17.5. The number of hydrogen-bond donors (Lipinski definition) is 1. The minimum Gasteiger partial charge on any atom is -0.496 e. The molecule has 1 aromatic heterocycles. The molecular formula is C30H33NO5. The zero-order valence-electron chi connectivity index (χ0n) is 21.1. The number of methoxy groups -OCH3 is 2. The predicted molar refractivity (Wildman–Crippen MR) is 141 cm³/mol. The van der Waals surface area contributed by atoms with E-state index in [0.29, 0.717) is 18.5 Å². The first kappa shape index (κ1) is 25.3. The molecule has 0 amide bonds. The highest BCUT2D eigenvalue weighted by atomic mass is 16.5. The minimum absolute atomic E-state index is 0.0756. The molecule has 6 heteroatoms. The molecule has 188 valence electrons. The van der Waals surface area contributed by atoms with Crippen LogP contribution in [-0.2, 0) is 24.1 Å². The van der Waals surface area contributed by atoms with Gasteiger partial charge in [-0.2, -0.15) is 0 Å². The van der Waals surface area contributed by atoms with Crippen LogP contribution in [0.1, 0.15) is 40.4 Å². The molecule has 1 heterocycles. The number of ether oxygens (including phenoxy) is 3. The lowest BCUT2D eigenvalue weighted by atomic mass is 10.0. The summed E-state index contributed by atoms with van der Waals surface area (Å²) in [7, 11) is 3.36. The lowest BCUT2D eigenvalue weighted by Crippen LogP contribution is -2.20. The van der Waals surface area contributed by atoms with E-state index in [1.807, 2.05) is 30.5 Å². The number of carbonyl (C=O) groups is 1. The summed E-state index contributed by atoms with van der Waals surface area (Å²) in [4.78, 5) is 12.2. The molecule has 0 unspecified atom stereocenters. The third-order valence-electron chi connectivity index (χ3n) is 6.28. The van der Waals surface area contributed by atoms with E-state index >= 15 is 0 Å². The topological polar surface area (TPSA) is 69.9 Å². The molecule has 0 aliphatic heterocycles. The maximum absolute atomic E-state index is 12.2. The van der Waals surface area contributed by atoms with Gasteiger partial charge in [-0.1, -0.05) is 49.7 Å². The lowest BCUT2D eigenvalue weighted by molar-refractivity contribution is 0.0259. The van der Waals surface area contributed by atoms with Crippen LogP contribution in [0.15, 0.2) is 72.9 Å². The van der Waals surface area contributed by atoms with Gasteiger partial charge in [0.15, 0.2) is 0 Å². The molecule has 3 aromatic carbocycles. The average molecular weight is 488 g/mol. The van der Waals surface area contributed by atoms with E-state index in [9.17, 15) is 9.90 Å². The van der Waals surface area contributed by atoms with Gasteiger partial charge in [0, 0.05) is 23.5 Å². The summed E-state index contributed by atoms with van der Waals surface area (Å²) < 4.78 is 19.0. The monoisotopic (exact) mass is 487 g/mol. The fourth-order valence-electron chi connectivity index (χ4n) is 4.56. The van der Waals surface area contributed by atoms with Crippen molar-refractivity contribution < 1.29 is 24.1 Å². The van der Waals surface area contributed by atoms with Crippen LogP contribution in [0.4, 0.5) is 0 Å².